The topological polar surface area (TPSA) is 46.6 Å². The van der Waals surface area contributed by atoms with E-state index in [9.17, 15) is 9.59 Å². The van der Waals surface area contributed by atoms with Gasteiger partial charge in [-0.2, -0.15) is 11.8 Å². The first-order chi connectivity index (χ1) is 9.63. The lowest BCUT2D eigenvalue weighted by atomic mass is 10.2. The van der Waals surface area contributed by atoms with Gasteiger partial charge in [0, 0.05) is 7.05 Å². The van der Waals surface area contributed by atoms with Crippen LogP contribution in [0.3, 0.4) is 0 Å². The fourth-order valence-corrected chi connectivity index (χ4v) is 2.51. The summed E-state index contributed by atoms with van der Waals surface area (Å²) < 4.78 is 4.81. The molecule has 0 spiro atoms. The van der Waals surface area contributed by atoms with Gasteiger partial charge in [-0.1, -0.05) is 30.3 Å². The van der Waals surface area contributed by atoms with Gasteiger partial charge in [0.15, 0.2) is 0 Å². The number of aryl methyl sites for hydroxylation is 1. The zero-order chi connectivity index (χ0) is 14.8. The number of thioether (sulfide) groups is 1. The van der Waals surface area contributed by atoms with Crippen molar-refractivity contribution in [2.45, 2.75) is 13.3 Å². The molecule has 110 valence electrons. The fourth-order valence-electron chi connectivity index (χ4n) is 1.59. The van der Waals surface area contributed by atoms with Crippen LogP contribution in [0.1, 0.15) is 12.5 Å². The van der Waals surface area contributed by atoms with Crippen molar-refractivity contribution >= 4 is 23.6 Å². The van der Waals surface area contributed by atoms with Crippen LogP contribution in [0.15, 0.2) is 30.3 Å². The molecule has 20 heavy (non-hydrogen) atoms. The summed E-state index contributed by atoms with van der Waals surface area (Å²) in [6.07, 6.45) is 0.945. The van der Waals surface area contributed by atoms with Crippen LogP contribution in [0, 0.1) is 0 Å². The molecule has 0 radical (unpaired) electrons. The van der Waals surface area contributed by atoms with Gasteiger partial charge in [-0.25, -0.2) is 0 Å². The van der Waals surface area contributed by atoms with Gasteiger partial charge >= 0.3 is 5.97 Å². The molecule has 4 nitrogen and oxygen atoms in total. The SMILES string of the molecule is CCOC(=O)CN(C)C(=O)CSCCc1ccccc1. The monoisotopic (exact) mass is 295 g/mol. The zero-order valence-corrected chi connectivity index (χ0v) is 12.8. The van der Waals surface area contributed by atoms with Crippen LogP contribution >= 0.6 is 11.8 Å². The summed E-state index contributed by atoms with van der Waals surface area (Å²) in [5, 5.41) is 0. The lowest BCUT2D eigenvalue weighted by Crippen LogP contribution is -2.34. The maximum absolute atomic E-state index is 11.8. The van der Waals surface area contributed by atoms with Crippen molar-refractivity contribution in [1.82, 2.24) is 4.90 Å². The molecule has 0 saturated carbocycles. The molecular weight excluding hydrogens is 274 g/mol. The van der Waals surface area contributed by atoms with E-state index in [1.165, 1.54) is 10.5 Å². The summed E-state index contributed by atoms with van der Waals surface area (Å²) >= 11 is 1.58. The number of hydrogen-bond donors (Lipinski definition) is 0. The Labute approximate surface area is 124 Å². The standard InChI is InChI=1S/C15H21NO3S/c1-3-19-15(18)11-16(2)14(17)12-20-10-9-13-7-5-4-6-8-13/h4-8H,3,9-12H2,1-2H3. The van der Waals surface area contributed by atoms with Crippen molar-refractivity contribution in [3.63, 3.8) is 0 Å². The van der Waals surface area contributed by atoms with E-state index in [0.29, 0.717) is 12.4 Å². The molecule has 0 aliphatic heterocycles. The van der Waals surface area contributed by atoms with E-state index >= 15 is 0 Å². The normalized spacial score (nSPS) is 10.1. The molecule has 0 aliphatic carbocycles. The quantitative estimate of drug-likeness (QED) is 0.543. The molecule has 0 N–H and O–H groups in total. The number of ether oxygens (including phenoxy) is 1. The summed E-state index contributed by atoms with van der Waals surface area (Å²) in [5.74, 6) is 0.875. The van der Waals surface area contributed by atoms with Crippen molar-refractivity contribution in [3.05, 3.63) is 35.9 Å². The smallest absolute Gasteiger partial charge is 0.325 e. The molecule has 0 atom stereocenters. The van der Waals surface area contributed by atoms with Crippen LogP contribution in [0.5, 0.6) is 0 Å². The third-order valence-electron chi connectivity index (χ3n) is 2.70. The molecule has 0 unspecified atom stereocenters. The van der Waals surface area contributed by atoms with Crippen LogP contribution in [0.2, 0.25) is 0 Å². The molecule has 0 fully saturated rings. The van der Waals surface area contributed by atoms with Crippen molar-refractivity contribution < 1.29 is 14.3 Å². The minimum Gasteiger partial charge on any atom is -0.465 e. The summed E-state index contributed by atoms with van der Waals surface area (Å²) in [6, 6.07) is 10.2. The van der Waals surface area contributed by atoms with Crippen molar-refractivity contribution in [2.75, 3.05) is 31.7 Å². The highest BCUT2D eigenvalue weighted by molar-refractivity contribution is 7.99. The first-order valence-electron chi connectivity index (χ1n) is 6.64. The number of rotatable bonds is 8. The van der Waals surface area contributed by atoms with Crippen LogP contribution in [-0.2, 0) is 20.7 Å². The van der Waals surface area contributed by atoms with E-state index in [0.717, 1.165) is 12.2 Å². The Morgan fingerprint density at radius 1 is 1.25 bits per heavy atom. The second kappa shape index (κ2) is 9.42. The van der Waals surface area contributed by atoms with Crippen molar-refractivity contribution in [2.24, 2.45) is 0 Å². The Morgan fingerprint density at radius 3 is 2.60 bits per heavy atom. The lowest BCUT2D eigenvalue weighted by molar-refractivity contribution is -0.147. The van der Waals surface area contributed by atoms with Crippen LogP contribution in [0.25, 0.3) is 0 Å². The number of esters is 1. The Morgan fingerprint density at radius 2 is 1.95 bits per heavy atom. The highest BCUT2D eigenvalue weighted by Crippen LogP contribution is 2.07. The molecule has 1 amide bonds. The van der Waals surface area contributed by atoms with Crippen molar-refractivity contribution in [1.29, 1.82) is 0 Å². The Bertz CT molecular complexity index is 422. The second-order valence-electron chi connectivity index (χ2n) is 4.34. The highest BCUT2D eigenvalue weighted by Gasteiger charge is 2.13. The van der Waals surface area contributed by atoms with Gasteiger partial charge in [0.2, 0.25) is 5.91 Å². The molecular formula is C15H21NO3S. The maximum atomic E-state index is 11.8. The van der Waals surface area contributed by atoms with Gasteiger partial charge in [0.1, 0.15) is 6.54 Å². The predicted octanol–water partition coefficient (Wildman–Crippen LogP) is 1.98. The molecule has 0 aliphatic rings. The van der Waals surface area contributed by atoms with Gasteiger partial charge in [-0.15, -0.1) is 0 Å². The first kappa shape index (κ1) is 16.6. The van der Waals surface area contributed by atoms with Crippen LogP contribution in [-0.4, -0.2) is 48.5 Å². The maximum Gasteiger partial charge on any atom is 0.325 e. The molecule has 1 aromatic rings. The van der Waals surface area contributed by atoms with E-state index in [1.807, 2.05) is 18.2 Å². The number of carbonyl (C=O) groups is 2. The summed E-state index contributed by atoms with van der Waals surface area (Å²) in [4.78, 5) is 24.5. The number of benzene rings is 1. The van der Waals surface area contributed by atoms with Gasteiger partial charge in [-0.3, -0.25) is 9.59 Å². The number of carbonyl (C=O) groups excluding carboxylic acids is 2. The number of nitrogens with zero attached hydrogens (tertiary/aromatic N) is 1. The van der Waals surface area contributed by atoms with E-state index in [2.05, 4.69) is 12.1 Å². The minimum atomic E-state index is -0.363. The Hall–Kier alpha value is -1.49. The molecule has 1 aromatic carbocycles. The van der Waals surface area contributed by atoms with Crippen LogP contribution < -0.4 is 0 Å². The average molecular weight is 295 g/mol. The number of likely N-dealkylation sites (N-methyl/N-ethyl adjacent to an activating group) is 1. The van der Waals surface area contributed by atoms with Crippen molar-refractivity contribution in [3.8, 4) is 0 Å². The third-order valence-corrected chi connectivity index (χ3v) is 3.64. The molecule has 5 heteroatoms. The molecule has 0 saturated heterocycles. The van der Waals surface area contributed by atoms with E-state index in [4.69, 9.17) is 4.74 Å². The lowest BCUT2D eigenvalue weighted by Gasteiger charge is -2.15. The van der Waals surface area contributed by atoms with Gasteiger partial charge < -0.3 is 9.64 Å². The van der Waals surface area contributed by atoms with E-state index in [-0.39, 0.29) is 18.4 Å². The van der Waals surface area contributed by atoms with Gasteiger partial charge in [0.25, 0.3) is 0 Å². The molecule has 0 heterocycles. The molecule has 0 aromatic heterocycles. The third kappa shape index (κ3) is 6.61. The predicted molar refractivity (Wildman–Crippen MR) is 81.7 cm³/mol. The summed E-state index contributed by atoms with van der Waals surface area (Å²) in [5.41, 5.74) is 1.27. The van der Waals surface area contributed by atoms with E-state index < -0.39 is 0 Å². The highest BCUT2D eigenvalue weighted by atomic mass is 32.2. The molecule has 0 bridgehead atoms. The van der Waals surface area contributed by atoms with Gasteiger partial charge in [-0.05, 0) is 24.7 Å². The number of hydrogen-bond acceptors (Lipinski definition) is 4. The first-order valence-corrected chi connectivity index (χ1v) is 7.80. The van der Waals surface area contributed by atoms with E-state index in [1.54, 1.807) is 25.7 Å². The summed E-state index contributed by atoms with van der Waals surface area (Å²) in [6.45, 7) is 2.11. The minimum absolute atomic E-state index is 0.0198. The summed E-state index contributed by atoms with van der Waals surface area (Å²) in [7, 11) is 1.62. The Balaban J connectivity index is 2.17. The largest absolute Gasteiger partial charge is 0.465 e. The number of amides is 1. The van der Waals surface area contributed by atoms with Crippen LogP contribution in [0.4, 0.5) is 0 Å². The Kier molecular flexibility index (Phi) is 7.80. The molecule has 1 rings (SSSR count). The zero-order valence-electron chi connectivity index (χ0n) is 12.0. The second-order valence-corrected chi connectivity index (χ2v) is 5.45. The fraction of sp³-hybridized carbons (Fsp3) is 0.467. The van der Waals surface area contributed by atoms with Gasteiger partial charge in [0.05, 0.1) is 12.4 Å². The average Bonchev–Trinajstić information content (AvgIpc) is 2.44.